The summed E-state index contributed by atoms with van der Waals surface area (Å²) >= 11 is -0.170. The highest BCUT2D eigenvalue weighted by molar-refractivity contribution is 7.86. The van der Waals surface area contributed by atoms with Gasteiger partial charge in [0, 0.05) is 0 Å². The van der Waals surface area contributed by atoms with E-state index < -0.39 is 57.1 Å². The average molecular weight is 734 g/mol. The Morgan fingerprint density at radius 3 is 1.21 bits per heavy atom. The second kappa shape index (κ2) is 10.9. The molecule has 0 atom stereocenters. The van der Waals surface area contributed by atoms with E-state index >= 15 is 0 Å². The molecule has 0 radical (unpaired) electrons. The number of alkyl halides is 17. The Bertz CT molecular complexity index is 1040. The molecule has 1 aromatic rings. The van der Waals surface area contributed by atoms with Gasteiger partial charge in [-0.15, -0.1) is 3.07 Å². The lowest BCUT2D eigenvalue weighted by atomic mass is 9.91. The summed E-state index contributed by atoms with van der Waals surface area (Å²) in [5.74, 6) is -52.1. The molecule has 4 nitrogen and oxygen atoms in total. The smallest absolute Gasteiger partial charge is 0.521 e. The van der Waals surface area contributed by atoms with Crippen molar-refractivity contribution in [2.45, 2.75) is 47.0 Å². The van der Waals surface area contributed by atoms with Gasteiger partial charge in [0.2, 0.25) is 3.57 Å². The maximum Gasteiger partial charge on any atom is 0.521 e. The summed E-state index contributed by atoms with van der Waals surface area (Å²) in [6.07, 6.45) is -7.89. The van der Waals surface area contributed by atoms with Gasteiger partial charge in [-0.1, -0.05) is 18.2 Å². The Morgan fingerprint density at radius 1 is 0.605 bits per heavy atom. The van der Waals surface area contributed by atoms with Crippen LogP contribution in [0.15, 0.2) is 30.3 Å². The lowest BCUT2D eigenvalue weighted by Gasteiger charge is -2.42. The maximum atomic E-state index is 13.0. The minimum atomic E-state index is -8.92. The third-order valence-corrected chi connectivity index (χ3v) is 6.46. The van der Waals surface area contributed by atoms with Crippen LogP contribution in [-0.4, -0.2) is 67.0 Å². The Morgan fingerprint density at radius 2 is 0.921 bits per heavy atom. The number of hydrogen-bond acceptors (Lipinski definition) is 4. The molecule has 0 heterocycles. The van der Waals surface area contributed by atoms with E-state index in [2.05, 4.69) is 12.1 Å². The standard InChI is InChI=1S/C8HF17O3S.C7H8IO/c9-1(10,3(13,14)5(17,18)7(21,22)23)2(11,12)4(15,16)6(19,20)8(24,25)29(26,27)28;1-9-8-7-5-3-2-4-6-7/h(H,26,27,28);2-6H,1H3/q;+1/p-1. The van der Waals surface area contributed by atoms with Crippen molar-refractivity contribution in [3.05, 3.63) is 33.9 Å². The quantitative estimate of drug-likeness (QED) is 0.223. The molecule has 0 unspecified atom stereocenters. The zero-order valence-electron chi connectivity index (χ0n) is 17.2. The summed E-state index contributed by atoms with van der Waals surface area (Å²) in [4.78, 5) is 0. The molecular formula is C15H8F17IO4S. The monoisotopic (exact) mass is 734 g/mol. The number of hydrogen-bond donors (Lipinski definition) is 0. The van der Waals surface area contributed by atoms with Crippen LogP contribution in [0.3, 0.4) is 0 Å². The minimum Gasteiger partial charge on any atom is -0.743 e. The highest BCUT2D eigenvalue weighted by atomic mass is 127. The second-order valence-corrected chi connectivity index (χ2v) is 10.4. The van der Waals surface area contributed by atoms with Crippen LogP contribution >= 0.6 is 0 Å². The van der Waals surface area contributed by atoms with Crippen LogP contribution in [0.4, 0.5) is 74.6 Å². The van der Waals surface area contributed by atoms with Gasteiger partial charge in [-0.25, -0.2) is 8.42 Å². The summed E-state index contributed by atoms with van der Waals surface area (Å²) in [5, 5.41) is -7.95. The van der Waals surface area contributed by atoms with Crippen LogP contribution in [0.2, 0.25) is 0 Å². The molecule has 0 aliphatic rings. The van der Waals surface area contributed by atoms with Crippen molar-refractivity contribution in [3.63, 3.8) is 0 Å². The SMILES string of the molecule is CO[I+]c1ccccc1.O=S(=O)([O-])C(F)(F)C(F)(F)C(F)(F)C(F)(F)C(F)(F)C(F)(F)C(F)(F)C(F)(F)F. The molecular weight excluding hydrogens is 726 g/mol. The summed E-state index contributed by atoms with van der Waals surface area (Å²) < 4.78 is 250. The van der Waals surface area contributed by atoms with E-state index in [1.54, 1.807) is 7.11 Å². The third-order valence-electron chi connectivity index (χ3n) is 3.91. The van der Waals surface area contributed by atoms with Crippen LogP contribution in [0.5, 0.6) is 0 Å². The minimum absolute atomic E-state index is 0.170. The first-order valence-electron chi connectivity index (χ1n) is 8.33. The average Bonchev–Trinajstić information content (AvgIpc) is 2.72. The largest absolute Gasteiger partial charge is 0.743 e. The van der Waals surface area contributed by atoms with Crippen molar-refractivity contribution < 1.29 is 112 Å². The second-order valence-electron chi connectivity index (χ2n) is 6.44. The van der Waals surface area contributed by atoms with Crippen LogP contribution in [0.25, 0.3) is 0 Å². The van der Waals surface area contributed by atoms with E-state index in [9.17, 15) is 87.6 Å². The third kappa shape index (κ3) is 5.88. The van der Waals surface area contributed by atoms with Gasteiger partial charge in [0.15, 0.2) is 10.1 Å². The number of benzene rings is 1. The Kier molecular flexibility index (Phi) is 10.5. The van der Waals surface area contributed by atoms with E-state index in [-0.39, 0.29) is 21.6 Å². The molecule has 0 fully saturated rings. The highest BCUT2D eigenvalue weighted by Crippen LogP contribution is 2.64. The lowest BCUT2D eigenvalue weighted by Crippen LogP contribution is -3.61. The van der Waals surface area contributed by atoms with E-state index in [1.165, 1.54) is 3.57 Å². The highest BCUT2D eigenvalue weighted by Gasteiger charge is 2.95. The molecule has 0 N–H and O–H groups in total. The molecule has 23 heteroatoms. The number of halogens is 18. The first-order valence-corrected chi connectivity index (χ1v) is 11.7. The molecule has 0 bridgehead atoms. The number of rotatable bonds is 9. The summed E-state index contributed by atoms with van der Waals surface area (Å²) in [7, 11) is -6.39. The van der Waals surface area contributed by atoms with Crippen molar-refractivity contribution in [2.24, 2.45) is 0 Å². The molecule has 0 aromatic heterocycles. The first-order chi connectivity index (χ1) is 16.4. The normalized spacial score (nSPS) is 15.1. The van der Waals surface area contributed by atoms with Crippen molar-refractivity contribution in [2.75, 3.05) is 7.11 Å². The predicted octanol–water partition coefficient (Wildman–Crippen LogP) is 3.01. The Hall–Kier alpha value is -1.37. The molecule has 224 valence electrons. The predicted molar refractivity (Wildman–Crippen MR) is 82.5 cm³/mol. The Labute approximate surface area is 210 Å². The van der Waals surface area contributed by atoms with Gasteiger partial charge in [-0.3, -0.25) is 0 Å². The molecule has 0 aliphatic heterocycles. The van der Waals surface area contributed by atoms with Crippen LogP contribution < -0.4 is 21.6 Å². The maximum absolute atomic E-state index is 13.0. The van der Waals surface area contributed by atoms with Crippen molar-refractivity contribution in [3.8, 4) is 0 Å². The summed E-state index contributed by atoms with van der Waals surface area (Å²) in [5.41, 5.74) is 0. The van der Waals surface area contributed by atoms with Crippen LogP contribution in [0, 0.1) is 3.57 Å². The molecule has 1 rings (SSSR count). The molecule has 0 saturated heterocycles. The lowest BCUT2D eigenvalue weighted by molar-refractivity contribution is -0.870. The molecule has 1 aromatic carbocycles. The van der Waals surface area contributed by atoms with E-state index in [1.807, 2.05) is 18.2 Å². The van der Waals surface area contributed by atoms with Gasteiger partial charge in [0.05, 0.1) is 7.11 Å². The van der Waals surface area contributed by atoms with Gasteiger partial charge < -0.3 is 4.55 Å². The summed E-state index contributed by atoms with van der Waals surface area (Å²) in [6, 6.07) is 10.3. The van der Waals surface area contributed by atoms with Crippen molar-refractivity contribution in [1.82, 2.24) is 0 Å². The molecule has 0 amide bonds. The zero-order chi connectivity index (χ0) is 31.0. The summed E-state index contributed by atoms with van der Waals surface area (Å²) in [6.45, 7) is 0. The molecule has 0 aliphatic carbocycles. The van der Waals surface area contributed by atoms with E-state index in [0.717, 1.165) is 0 Å². The van der Waals surface area contributed by atoms with Gasteiger partial charge in [0.1, 0.15) is 0 Å². The fourth-order valence-corrected chi connectivity index (χ4v) is 3.52. The van der Waals surface area contributed by atoms with Crippen LogP contribution in [0.1, 0.15) is 0 Å². The van der Waals surface area contributed by atoms with Crippen molar-refractivity contribution >= 4 is 10.1 Å². The van der Waals surface area contributed by atoms with Gasteiger partial charge in [-0.2, -0.15) is 74.6 Å². The van der Waals surface area contributed by atoms with E-state index in [4.69, 9.17) is 3.07 Å². The van der Waals surface area contributed by atoms with Crippen molar-refractivity contribution in [1.29, 1.82) is 0 Å². The van der Waals surface area contributed by atoms with Gasteiger partial charge in [-0.05, 0) is 12.1 Å². The fourth-order valence-electron chi connectivity index (χ4n) is 1.86. The van der Waals surface area contributed by atoms with Gasteiger partial charge >= 0.3 is 68.6 Å². The molecule has 0 spiro atoms. The Balaban J connectivity index is 0.00000127. The molecule has 38 heavy (non-hydrogen) atoms. The van der Waals surface area contributed by atoms with Crippen LogP contribution in [-0.2, 0) is 13.2 Å². The van der Waals surface area contributed by atoms with E-state index in [0.29, 0.717) is 0 Å². The molecule has 0 saturated carbocycles. The van der Waals surface area contributed by atoms with Gasteiger partial charge in [0.25, 0.3) is 0 Å². The zero-order valence-corrected chi connectivity index (χ0v) is 20.2. The fraction of sp³-hybridized carbons (Fsp3) is 0.600. The topological polar surface area (TPSA) is 66.4 Å². The first kappa shape index (κ1) is 36.6.